The maximum absolute atomic E-state index is 13.0. The van der Waals surface area contributed by atoms with Crippen LogP contribution in [0.1, 0.15) is 53.6 Å². The Morgan fingerprint density at radius 2 is 1.66 bits per heavy atom. The minimum absolute atomic E-state index is 0.0250. The molecule has 1 heterocycles. The minimum atomic E-state index is -0.559. The van der Waals surface area contributed by atoms with Crippen LogP contribution in [0.25, 0.3) is 0 Å². The lowest BCUT2D eigenvalue weighted by molar-refractivity contribution is -0.120. The molecule has 1 aliphatic carbocycles. The summed E-state index contributed by atoms with van der Waals surface area (Å²) in [5.41, 5.74) is 3.47. The minimum Gasteiger partial charge on any atom is -0.350 e. The van der Waals surface area contributed by atoms with E-state index in [-0.39, 0.29) is 22.7 Å². The molecule has 0 saturated heterocycles. The molecule has 4 rings (SSSR count). The molecule has 1 fully saturated rings. The van der Waals surface area contributed by atoms with Crippen molar-refractivity contribution in [2.75, 3.05) is 10.2 Å². The van der Waals surface area contributed by atoms with Crippen LogP contribution in [0.4, 0.5) is 11.4 Å². The second-order valence-corrected chi connectivity index (χ2v) is 8.74. The van der Waals surface area contributed by atoms with Crippen molar-refractivity contribution < 1.29 is 14.4 Å². The molecule has 0 aromatic heterocycles. The summed E-state index contributed by atoms with van der Waals surface area (Å²) >= 11 is 6.24. The van der Waals surface area contributed by atoms with E-state index in [0.717, 1.165) is 41.7 Å². The largest absolute Gasteiger partial charge is 0.350 e. The zero-order chi connectivity index (χ0) is 22.8. The lowest BCUT2D eigenvalue weighted by Gasteiger charge is -2.22. The van der Waals surface area contributed by atoms with Crippen molar-refractivity contribution in [2.24, 2.45) is 0 Å². The highest BCUT2D eigenvalue weighted by atomic mass is 35.5. The predicted octanol–water partition coefficient (Wildman–Crippen LogP) is 4.80. The van der Waals surface area contributed by atoms with Crippen molar-refractivity contribution in [3.8, 4) is 0 Å². The number of amides is 3. The van der Waals surface area contributed by atoms with E-state index >= 15 is 0 Å². The fraction of sp³-hybridized carbons (Fsp3) is 0.320. The van der Waals surface area contributed by atoms with Gasteiger partial charge in [-0.3, -0.25) is 14.4 Å². The third kappa shape index (κ3) is 4.28. The van der Waals surface area contributed by atoms with Crippen LogP contribution in [0.3, 0.4) is 0 Å². The smallest absolute Gasteiger partial charge is 0.283 e. The Hall–Kier alpha value is -3.12. The van der Waals surface area contributed by atoms with Crippen LogP contribution in [-0.4, -0.2) is 23.8 Å². The summed E-state index contributed by atoms with van der Waals surface area (Å²) in [6, 6.07) is 12.5. The number of nitrogens with one attached hydrogen (secondary N) is 2. The van der Waals surface area contributed by atoms with Gasteiger partial charge in [0, 0.05) is 17.3 Å². The number of carbonyl (C=O) groups excluding carboxylic acids is 3. The van der Waals surface area contributed by atoms with Crippen molar-refractivity contribution in [1.82, 2.24) is 5.32 Å². The van der Waals surface area contributed by atoms with Gasteiger partial charge in [0.15, 0.2) is 0 Å². The summed E-state index contributed by atoms with van der Waals surface area (Å²) in [7, 11) is 0. The predicted molar refractivity (Wildman–Crippen MR) is 126 cm³/mol. The summed E-state index contributed by atoms with van der Waals surface area (Å²) in [6.45, 7) is 3.78. The highest BCUT2D eigenvalue weighted by molar-refractivity contribution is 6.53. The molecule has 166 valence electrons. The number of hydrogen-bond donors (Lipinski definition) is 2. The summed E-state index contributed by atoms with van der Waals surface area (Å²) < 4.78 is 0. The van der Waals surface area contributed by atoms with Crippen LogP contribution in [0, 0.1) is 13.8 Å². The molecule has 32 heavy (non-hydrogen) atoms. The fourth-order valence-electron chi connectivity index (χ4n) is 4.17. The number of halogens is 1. The Kier molecular flexibility index (Phi) is 6.33. The molecule has 1 saturated carbocycles. The molecule has 3 amide bonds. The highest BCUT2D eigenvalue weighted by Gasteiger charge is 2.39. The molecule has 0 atom stereocenters. The normalized spacial score (nSPS) is 17.2. The number of carbonyl (C=O) groups is 3. The van der Waals surface area contributed by atoms with Gasteiger partial charge in [0.25, 0.3) is 17.7 Å². The summed E-state index contributed by atoms with van der Waals surface area (Å²) in [4.78, 5) is 39.4. The first-order valence-electron chi connectivity index (χ1n) is 10.9. The maximum atomic E-state index is 13.0. The van der Waals surface area contributed by atoms with E-state index in [1.54, 1.807) is 36.4 Å². The molecular weight excluding hydrogens is 426 g/mol. The van der Waals surface area contributed by atoms with Crippen LogP contribution in [0.2, 0.25) is 0 Å². The van der Waals surface area contributed by atoms with Gasteiger partial charge in [-0.25, -0.2) is 4.90 Å². The molecule has 1 aliphatic heterocycles. The molecule has 2 N–H and O–H groups in total. The van der Waals surface area contributed by atoms with Crippen LogP contribution in [0.5, 0.6) is 0 Å². The Labute approximate surface area is 192 Å². The van der Waals surface area contributed by atoms with Gasteiger partial charge < -0.3 is 10.6 Å². The second kappa shape index (κ2) is 9.17. The topological polar surface area (TPSA) is 78.5 Å². The first-order chi connectivity index (χ1) is 15.4. The van der Waals surface area contributed by atoms with Gasteiger partial charge in [0.2, 0.25) is 0 Å². The fourth-order valence-corrected chi connectivity index (χ4v) is 4.39. The number of imide groups is 1. The van der Waals surface area contributed by atoms with Gasteiger partial charge in [0.1, 0.15) is 10.7 Å². The summed E-state index contributed by atoms with van der Waals surface area (Å²) in [5, 5.41) is 5.88. The number of rotatable bonds is 5. The Balaban J connectivity index is 1.47. The number of aryl methyl sites for hydroxylation is 1. The quantitative estimate of drug-likeness (QED) is 0.640. The van der Waals surface area contributed by atoms with Crippen LogP contribution in [-0.2, 0) is 9.59 Å². The number of benzene rings is 2. The van der Waals surface area contributed by atoms with Gasteiger partial charge in [-0.15, -0.1) is 0 Å². The zero-order valence-electron chi connectivity index (χ0n) is 18.2. The maximum Gasteiger partial charge on any atom is 0.283 e. The van der Waals surface area contributed by atoms with Gasteiger partial charge in [-0.1, -0.05) is 43.0 Å². The molecule has 0 bridgehead atoms. The van der Waals surface area contributed by atoms with E-state index in [4.69, 9.17) is 11.6 Å². The van der Waals surface area contributed by atoms with E-state index in [0.29, 0.717) is 16.9 Å². The van der Waals surface area contributed by atoms with E-state index in [1.807, 2.05) is 19.9 Å². The lowest BCUT2D eigenvalue weighted by Crippen LogP contribution is -2.36. The molecule has 0 spiro atoms. The van der Waals surface area contributed by atoms with Crippen LogP contribution < -0.4 is 15.5 Å². The van der Waals surface area contributed by atoms with Crippen LogP contribution >= 0.6 is 11.6 Å². The second-order valence-electron chi connectivity index (χ2n) is 8.36. The Morgan fingerprint density at radius 3 is 2.34 bits per heavy atom. The van der Waals surface area contributed by atoms with Gasteiger partial charge in [0.05, 0.1) is 5.69 Å². The van der Waals surface area contributed by atoms with Gasteiger partial charge in [-0.2, -0.15) is 0 Å². The first-order valence-corrected chi connectivity index (χ1v) is 11.3. The van der Waals surface area contributed by atoms with Crippen molar-refractivity contribution in [2.45, 2.75) is 52.0 Å². The molecule has 7 heteroatoms. The van der Waals surface area contributed by atoms with Gasteiger partial charge >= 0.3 is 0 Å². The molecule has 2 aromatic rings. The Bertz CT molecular complexity index is 1100. The molecule has 0 radical (unpaired) electrons. The van der Waals surface area contributed by atoms with E-state index < -0.39 is 11.8 Å². The molecule has 6 nitrogen and oxygen atoms in total. The lowest BCUT2D eigenvalue weighted by atomic mass is 9.95. The van der Waals surface area contributed by atoms with E-state index in [9.17, 15) is 14.4 Å². The molecule has 2 aliphatic rings. The van der Waals surface area contributed by atoms with Crippen molar-refractivity contribution in [3.63, 3.8) is 0 Å². The number of hydrogen-bond acceptors (Lipinski definition) is 4. The molecule has 2 aromatic carbocycles. The highest BCUT2D eigenvalue weighted by Crippen LogP contribution is 2.33. The SMILES string of the molecule is Cc1cccc(N2C(=O)C(Cl)=C(Nc3ccc(C(=O)NC4CCCCC4)cc3)C2=O)c1C. The van der Waals surface area contributed by atoms with Crippen molar-refractivity contribution >= 4 is 40.7 Å². The van der Waals surface area contributed by atoms with Crippen molar-refractivity contribution in [1.29, 1.82) is 0 Å². The third-order valence-electron chi connectivity index (χ3n) is 6.20. The Morgan fingerprint density at radius 1 is 0.969 bits per heavy atom. The summed E-state index contributed by atoms with van der Waals surface area (Å²) in [6.07, 6.45) is 5.56. The average Bonchev–Trinajstić information content (AvgIpc) is 3.00. The van der Waals surface area contributed by atoms with Crippen LogP contribution in [0.15, 0.2) is 53.2 Å². The summed E-state index contributed by atoms with van der Waals surface area (Å²) in [5.74, 6) is -1.17. The molecular formula is C25H26ClN3O3. The van der Waals surface area contributed by atoms with Gasteiger partial charge in [-0.05, 0) is 68.1 Å². The zero-order valence-corrected chi connectivity index (χ0v) is 19.0. The standard InChI is InChI=1S/C25H26ClN3O3/c1-15-7-6-10-20(16(15)2)29-24(31)21(26)22(25(29)32)27-19-13-11-17(12-14-19)23(30)28-18-8-4-3-5-9-18/h6-7,10-14,18,27H,3-5,8-9H2,1-2H3,(H,28,30). The van der Waals surface area contributed by atoms with Crippen molar-refractivity contribution in [3.05, 3.63) is 69.9 Å². The molecule has 0 unspecified atom stereocenters. The average molecular weight is 452 g/mol. The first kappa shape index (κ1) is 22.1. The number of nitrogens with zero attached hydrogens (tertiary/aromatic N) is 1. The third-order valence-corrected chi connectivity index (χ3v) is 6.55. The monoisotopic (exact) mass is 451 g/mol. The number of anilines is 2. The van der Waals surface area contributed by atoms with E-state index in [1.165, 1.54) is 6.42 Å². The van der Waals surface area contributed by atoms with E-state index in [2.05, 4.69) is 10.6 Å².